The van der Waals surface area contributed by atoms with E-state index in [0.29, 0.717) is 49.7 Å². The zero-order valence-corrected chi connectivity index (χ0v) is 18.9. The molecule has 1 saturated heterocycles. The Morgan fingerprint density at radius 3 is 2.44 bits per heavy atom. The van der Waals surface area contributed by atoms with Gasteiger partial charge in [-0.15, -0.1) is 0 Å². The van der Waals surface area contributed by atoms with Crippen LogP contribution in [0, 0.1) is 6.92 Å². The third-order valence-corrected chi connectivity index (χ3v) is 7.10. The number of nitrogens with one attached hydrogen (secondary N) is 3. The molecule has 0 aliphatic carbocycles. The Hall–Kier alpha value is -2.95. The highest BCUT2D eigenvalue weighted by molar-refractivity contribution is 7.89. The number of morpholine rings is 1. The number of hydrogen-bond acceptors (Lipinski definition) is 6. The number of sulfonamides is 1. The smallest absolute Gasteiger partial charge is 0.321 e. The highest BCUT2D eigenvalue weighted by Crippen LogP contribution is 2.27. The summed E-state index contributed by atoms with van der Waals surface area (Å²) in [6.07, 6.45) is 0. The van der Waals surface area contributed by atoms with Crippen molar-refractivity contribution in [2.45, 2.75) is 24.8 Å². The summed E-state index contributed by atoms with van der Waals surface area (Å²) in [6, 6.07) is 12.3. The molecule has 9 nitrogen and oxygen atoms in total. The molecule has 3 amide bonds. The van der Waals surface area contributed by atoms with Gasteiger partial charge in [-0.25, -0.2) is 13.2 Å². The average Bonchev–Trinajstić information content (AvgIpc) is 2.79. The first kappa shape index (κ1) is 23.7. The van der Waals surface area contributed by atoms with Gasteiger partial charge in [0.1, 0.15) is 6.04 Å². The Kier molecular flexibility index (Phi) is 7.84. The van der Waals surface area contributed by atoms with E-state index in [1.165, 1.54) is 10.4 Å². The number of carbonyl (C=O) groups is 2. The molecular weight excluding hydrogens is 432 g/mol. The maximum atomic E-state index is 13.2. The van der Waals surface area contributed by atoms with Crippen LogP contribution in [0.2, 0.25) is 0 Å². The number of anilines is 1. The van der Waals surface area contributed by atoms with E-state index in [2.05, 4.69) is 16.0 Å². The van der Waals surface area contributed by atoms with Crippen LogP contribution in [0.3, 0.4) is 0 Å². The number of imide groups is 1. The number of ether oxygens (including phenoxy) is 1. The minimum Gasteiger partial charge on any atom is -0.379 e. The van der Waals surface area contributed by atoms with Gasteiger partial charge in [0.05, 0.1) is 18.1 Å². The lowest BCUT2D eigenvalue weighted by Gasteiger charge is -2.27. The van der Waals surface area contributed by atoms with Crippen molar-refractivity contribution in [2.75, 3.05) is 38.2 Å². The van der Waals surface area contributed by atoms with Gasteiger partial charge in [-0.2, -0.15) is 4.31 Å². The van der Waals surface area contributed by atoms with Crippen LogP contribution in [0.15, 0.2) is 53.4 Å². The van der Waals surface area contributed by atoms with Crippen LogP contribution in [-0.4, -0.2) is 57.5 Å². The second kappa shape index (κ2) is 10.6. The van der Waals surface area contributed by atoms with Crippen LogP contribution in [0.1, 0.15) is 24.1 Å². The highest BCUT2D eigenvalue weighted by Gasteiger charge is 2.29. The normalized spacial score (nSPS) is 15.6. The van der Waals surface area contributed by atoms with E-state index >= 15 is 0 Å². The third kappa shape index (κ3) is 5.64. The van der Waals surface area contributed by atoms with Crippen LogP contribution in [0.25, 0.3) is 0 Å². The van der Waals surface area contributed by atoms with Crippen molar-refractivity contribution in [3.63, 3.8) is 0 Å². The average molecular weight is 461 g/mol. The summed E-state index contributed by atoms with van der Waals surface area (Å²) in [5, 5.41) is 7.93. The number of hydrogen-bond donors (Lipinski definition) is 3. The molecule has 0 aromatic heterocycles. The van der Waals surface area contributed by atoms with E-state index in [4.69, 9.17) is 4.74 Å². The summed E-state index contributed by atoms with van der Waals surface area (Å²) in [4.78, 5) is 24.9. The molecule has 1 aliphatic rings. The minimum absolute atomic E-state index is 0.167. The number of urea groups is 1. The predicted molar refractivity (Wildman–Crippen MR) is 121 cm³/mol. The van der Waals surface area contributed by atoms with Gasteiger partial charge in [-0.1, -0.05) is 36.4 Å². The van der Waals surface area contributed by atoms with Gasteiger partial charge in [0, 0.05) is 25.3 Å². The monoisotopic (exact) mass is 460 g/mol. The standard InChI is InChI=1S/C22H28N4O5S/c1-3-23-22(28)25-21(27)20(17-7-5-4-6-8-17)24-18-10-9-16(2)19(15-18)32(29,30)26-11-13-31-14-12-26/h4-10,15,20,24H,3,11-14H2,1-2H3,(H2,23,25,27,28). The molecule has 10 heteroatoms. The van der Waals surface area contributed by atoms with Crippen LogP contribution >= 0.6 is 0 Å². The lowest BCUT2D eigenvalue weighted by atomic mass is 10.1. The summed E-state index contributed by atoms with van der Waals surface area (Å²) in [5.41, 5.74) is 1.68. The minimum atomic E-state index is -3.71. The Morgan fingerprint density at radius 1 is 1.09 bits per heavy atom. The number of rotatable bonds is 7. The Balaban J connectivity index is 1.90. The molecular formula is C22H28N4O5S. The van der Waals surface area contributed by atoms with E-state index in [-0.39, 0.29) is 4.90 Å². The Bertz CT molecular complexity index is 1050. The predicted octanol–water partition coefficient (Wildman–Crippen LogP) is 2.01. The number of aryl methyl sites for hydroxylation is 1. The second-order valence-corrected chi connectivity index (χ2v) is 9.24. The molecule has 1 fully saturated rings. The summed E-state index contributed by atoms with van der Waals surface area (Å²) < 4.78 is 33.0. The number of benzene rings is 2. The molecule has 1 atom stereocenters. The SMILES string of the molecule is CCNC(=O)NC(=O)C(Nc1ccc(C)c(S(=O)(=O)N2CCOCC2)c1)c1ccccc1. The van der Waals surface area contributed by atoms with Crippen molar-refractivity contribution in [3.8, 4) is 0 Å². The molecule has 0 radical (unpaired) electrons. The maximum absolute atomic E-state index is 13.2. The third-order valence-electron chi connectivity index (χ3n) is 5.06. The molecule has 172 valence electrons. The first-order chi connectivity index (χ1) is 15.3. The molecule has 0 saturated carbocycles. The fourth-order valence-electron chi connectivity index (χ4n) is 3.40. The fourth-order valence-corrected chi connectivity index (χ4v) is 5.05. The van der Waals surface area contributed by atoms with Crippen molar-refractivity contribution in [1.29, 1.82) is 0 Å². The molecule has 0 spiro atoms. The fraction of sp³-hybridized carbons (Fsp3) is 0.364. The molecule has 1 unspecified atom stereocenters. The van der Waals surface area contributed by atoms with Crippen LogP contribution in [0.4, 0.5) is 10.5 Å². The first-order valence-corrected chi connectivity index (χ1v) is 11.9. The van der Waals surface area contributed by atoms with Crippen LogP contribution in [-0.2, 0) is 19.6 Å². The van der Waals surface area contributed by atoms with E-state index in [9.17, 15) is 18.0 Å². The van der Waals surface area contributed by atoms with Crippen molar-refractivity contribution in [2.24, 2.45) is 0 Å². The topological polar surface area (TPSA) is 117 Å². The maximum Gasteiger partial charge on any atom is 0.321 e. The molecule has 3 N–H and O–H groups in total. The van der Waals surface area contributed by atoms with Gasteiger partial charge >= 0.3 is 6.03 Å². The van der Waals surface area contributed by atoms with Crippen molar-refractivity contribution < 1.29 is 22.7 Å². The zero-order valence-electron chi connectivity index (χ0n) is 18.1. The van der Waals surface area contributed by atoms with Gasteiger partial charge in [-0.05, 0) is 37.1 Å². The van der Waals surface area contributed by atoms with Crippen molar-refractivity contribution in [1.82, 2.24) is 14.9 Å². The number of nitrogens with zero attached hydrogens (tertiary/aromatic N) is 1. The van der Waals surface area contributed by atoms with E-state index in [1.54, 1.807) is 50.2 Å². The highest BCUT2D eigenvalue weighted by atomic mass is 32.2. The summed E-state index contributed by atoms with van der Waals surface area (Å²) in [7, 11) is -3.71. The molecule has 2 aromatic carbocycles. The molecule has 1 aliphatic heterocycles. The van der Waals surface area contributed by atoms with Crippen molar-refractivity contribution >= 4 is 27.6 Å². The van der Waals surface area contributed by atoms with Gasteiger partial charge in [0.25, 0.3) is 5.91 Å². The van der Waals surface area contributed by atoms with E-state index < -0.39 is 28.0 Å². The summed E-state index contributed by atoms with van der Waals surface area (Å²) in [5.74, 6) is -0.555. The van der Waals surface area contributed by atoms with Gasteiger partial charge in [0.15, 0.2) is 0 Å². The summed E-state index contributed by atoms with van der Waals surface area (Å²) >= 11 is 0. The largest absolute Gasteiger partial charge is 0.379 e. The summed E-state index contributed by atoms with van der Waals surface area (Å²) in [6.45, 7) is 5.15. The van der Waals surface area contributed by atoms with E-state index in [0.717, 1.165) is 0 Å². The van der Waals surface area contributed by atoms with Crippen molar-refractivity contribution in [3.05, 3.63) is 59.7 Å². The van der Waals surface area contributed by atoms with Gasteiger partial charge in [0.2, 0.25) is 10.0 Å². The number of amides is 3. The molecule has 3 rings (SSSR count). The second-order valence-electron chi connectivity index (χ2n) is 7.33. The van der Waals surface area contributed by atoms with Gasteiger partial charge < -0.3 is 15.4 Å². The first-order valence-electron chi connectivity index (χ1n) is 10.4. The lowest BCUT2D eigenvalue weighted by Crippen LogP contribution is -2.43. The Labute approximate surface area is 188 Å². The van der Waals surface area contributed by atoms with E-state index in [1.807, 2.05) is 6.07 Å². The lowest BCUT2D eigenvalue weighted by molar-refractivity contribution is -0.120. The van der Waals surface area contributed by atoms with Crippen LogP contribution in [0.5, 0.6) is 0 Å². The quantitative estimate of drug-likeness (QED) is 0.582. The Morgan fingerprint density at radius 2 is 1.78 bits per heavy atom. The molecule has 1 heterocycles. The zero-order chi connectivity index (χ0) is 23.1. The number of carbonyl (C=O) groups excluding carboxylic acids is 2. The molecule has 32 heavy (non-hydrogen) atoms. The van der Waals surface area contributed by atoms with Crippen LogP contribution < -0.4 is 16.0 Å². The molecule has 2 aromatic rings. The van der Waals surface area contributed by atoms with Gasteiger partial charge in [-0.3, -0.25) is 10.1 Å². The molecule has 0 bridgehead atoms.